The van der Waals surface area contributed by atoms with Crippen LogP contribution in [0.15, 0.2) is 121 Å². The van der Waals surface area contributed by atoms with E-state index in [0.717, 1.165) is 22.3 Å². The van der Waals surface area contributed by atoms with Crippen molar-refractivity contribution < 1.29 is 52.0 Å². The van der Waals surface area contributed by atoms with E-state index in [4.69, 9.17) is 28.2 Å². The monoisotopic (exact) mass is 698 g/mol. The molecule has 6 atom stereocenters. The molecule has 3 N–H and O–H groups in total. The Hall–Kier alpha value is -3.02. The highest BCUT2D eigenvalue weighted by atomic mass is 31.2. The Kier molecular flexibility index (Phi) is 13.3. The van der Waals surface area contributed by atoms with Gasteiger partial charge in [0.1, 0.15) is 24.4 Å². The smallest absolute Gasteiger partial charge is 0.342 e. The molecule has 0 aromatic heterocycles. The predicted molar refractivity (Wildman–Crippen MR) is 178 cm³/mol. The van der Waals surface area contributed by atoms with Crippen LogP contribution >= 0.6 is 15.2 Å². The summed E-state index contributed by atoms with van der Waals surface area (Å²) < 4.78 is 62.1. The molecule has 0 spiro atoms. The molecule has 0 saturated carbocycles. The molecule has 5 rings (SSSR count). The third kappa shape index (κ3) is 11.6. The Bertz CT molecular complexity index is 1610. The third-order valence-corrected chi connectivity index (χ3v) is 10.9. The molecule has 0 radical (unpaired) electrons. The number of benzene rings is 4. The van der Waals surface area contributed by atoms with E-state index in [9.17, 15) is 23.8 Å². The van der Waals surface area contributed by atoms with E-state index in [2.05, 4.69) is 0 Å². The second kappa shape index (κ2) is 17.6. The molecule has 1 aliphatic rings. The quantitative estimate of drug-likeness (QED) is 0.111. The zero-order valence-electron chi connectivity index (χ0n) is 26.2. The molecule has 11 nitrogen and oxygen atoms in total. The molecule has 4 aromatic rings. The molecule has 13 heteroatoms. The summed E-state index contributed by atoms with van der Waals surface area (Å²) >= 11 is 0. The maximum atomic E-state index is 13.1. The molecule has 0 bridgehead atoms. The van der Waals surface area contributed by atoms with E-state index in [1.807, 2.05) is 121 Å². The first-order valence-corrected chi connectivity index (χ1v) is 19.0. The zero-order chi connectivity index (χ0) is 33.8. The first kappa shape index (κ1) is 36.3. The van der Waals surface area contributed by atoms with Crippen molar-refractivity contribution in [1.29, 1.82) is 0 Å². The van der Waals surface area contributed by atoms with Crippen LogP contribution in [0.25, 0.3) is 0 Å². The van der Waals surface area contributed by atoms with Crippen molar-refractivity contribution in [3.8, 4) is 0 Å². The highest BCUT2D eigenvalue weighted by Gasteiger charge is 2.51. The fourth-order valence-electron chi connectivity index (χ4n) is 5.26. The van der Waals surface area contributed by atoms with Gasteiger partial charge in [-0.2, -0.15) is 0 Å². The van der Waals surface area contributed by atoms with Gasteiger partial charge in [-0.15, -0.1) is 0 Å². The first-order valence-electron chi connectivity index (χ1n) is 15.4. The maximum Gasteiger partial charge on any atom is 0.342 e. The van der Waals surface area contributed by atoms with Crippen LogP contribution in [0, 0.1) is 0 Å². The van der Waals surface area contributed by atoms with E-state index in [1.165, 1.54) is 0 Å². The van der Waals surface area contributed by atoms with Gasteiger partial charge in [0.15, 0.2) is 12.2 Å². The van der Waals surface area contributed by atoms with Crippen molar-refractivity contribution in [2.75, 3.05) is 12.5 Å². The van der Waals surface area contributed by atoms with Crippen molar-refractivity contribution in [3.63, 3.8) is 0 Å². The molecule has 1 aliphatic heterocycles. The molecule has 0 amide bonds. The fraction of sp³-hybridized carbons (Fsp3) is 0.314. The van der Waals surface area contributed by atoms with Gasteiger partial charge >= 0.3 is 15.2 Å². The Morgan fingerprint density at radius 2 is 0.938 bits per heavy atom. The van der Waals surface area contributed by atoms with Gasteiger partial charge in [-0.25, -0.2) is 0 Å². The number of rotatable bonds is 17. The molecule has 1 unspecified atom stereocenters. The highest BCUT2D eigenvalue weighted by molar-refractivity contribution is 7.70. The molecule has 1 heterocycles. The van der Waals surface area contributed by atoms with Crippen LogP contribution in [0.3, 0.4) is 0 Å². The second-order valence-corrected chi connectivity index (χ2v) is 15.3. The van der Waals surface area contributed by atoms with Gasteiger partial charge in [-0.1, -0.05) is 121 Å². The summed E-state index contributed by atoms with van der Waals surface area (Å²) in [7, 11) is -9.85. The van der Waals surface area contributed by atoms with Gasteiger partial charge in [0, 0.05) is 0 Å². The van der Waals surface area contributed by atoms with E-state index < -0.39 is 51.8 Å². The van der Waals surface area contributed by atoms with Gasteiger partial charge < -0.3 is 38.4 Å². The number of ether oxygens (including phenoxy) is 5. The van der Waals surface area contributed by atoms with Crippen LogP contribution in [0.2, 0.25) is 0 Å². The molecule has 1 saturated heterocycles. The first-order chi connectivity index (χ1) is 23.2. The van der Waals surface area contributed by atoms with Crippen molar-refractivity contribution in [1.82, 2.24) is 0 Å². The highest BCUT2D eigenvalue weighted by Crippen LogP contribution is 2.57. The molecular formula is C35H40O11P2. The van der Waals surface area contributed by atoms with Crippen LogP contribution in [-0.4, -0.2) is 57.9 Å². The Morgan fingerprint density at radius 3 is 1.38 bits per heavy atom. The molecular weight excluding hydrogens is 658 g/mol. The lowest BCUT2D eigenvalue weighted by molar-refractivity contribution is -0.311. The summed E-state index contributed by atoms with van der Waals surface area (Å²) in [5.41, 5.74) is 3.47. The minimum atomic E-state index is -4.94. The van der Waals surface area contributed by atoms with Gasteiger partial charge in [0.05, 0.1) is 33.0 Å². The summed E-state index contributed by atoms with van der Waals surface area (Å²) in [6.45, 7) is 0.583. The van der Waals surface area contributed by atoms with Gasteiger partial charge in [0.25, 0.3) is 0 Å². The molecule has 48 heavy (non-hydrogen) atoms. The van der Waals surface area contributed by atoms with E-state index in [1.54, 1.807) is 0 Å². The maximum absolute atomic E-state index is 13.1. The summed E-state index contributed by atoms with van der Waals surface area (Å²) in [5.74, 6) is -1.40. The van der Waals surface area contributed by atoms with Crippen LogP contribution in [0.5, 0.6) is 0 Å². The SMILES string of the molecule is O=P(O)(O)CP(=O)(O)O[C@H]1O[C@H](COCc2ccccc2)[C@@H](OCc2ccccc2)[C@H](OCc2ccccc2)[C@H]1OCc1ccccc1. The van der Waals surface area contributed by atoms with Crippen molar-refractivity contribution in [2.45, 2.75) is 57.1 Å². The van der Waals surface area contributed by atoms with Crippen molar-refractivity contribution in [3.05, 3.63) is 144 Å². The molecule has 256 valence electrons. The lowest BCUT2D eigenvalue weighted by Gasteiger charge is -2.46. The Morgan fingerprint density at radius 1 is 0.542 bits per heavy atom. The average Bonchev–Trinajstić information content (AvgIpc) is 3.07. The Labute approximate surface area is 280 Å². The summed E-state index contributed by atoms with van der Waals surface area (Å²) in [6.07, 6.45) is -5.44. The van der Waals surface area contributed by atoms with Gasteiger partial charge in [-0.05, 0) is 22.3 Å². The summed E-state index contributed by atoms with van der Waals surface area (Å²) in [5, 5.41) is 0. The lowest BCUT2D eigenvalue weighted by atomic mass is 9.98. The van der Waals surface area contributed by atoms with Crippen LogP contribution in [0.4, 0.5) is 0 Å². The van der Waals surface area contributed by atoms with Crippen molar-refractivity contribution >= 4 is 15.2 Å². The van der Waals surface area contributed by atoms with Crippen LogP contribution in [0.1, 0.15) is 22.3 Å². The van der Waals surface area contributed by atoms with Crippen LogP contribution < -0.4 is 0 Å². The summed E-state index contributed by atoms with van der Waals surface area (Å²) in [6, 6.07) is 37.8. The molecule has 4 aromatic carbocycles. The van der Waals surface area contributed by atoms with E-state index >= 15 is 0 Å². The normalized spacial score (nSPS) is 22.6. The minimum Gasteiger partial charge on any atom is -0.374 e. The minimum absolute atomic E-state index is 0.0287. The largest absolute Gasteiger partial charge is 0.374 e. The van der Waals surface area contributed by atoms with Gasteiger partial charge in [0.2, 0.25) is 0 Å². The standard InChI is InChI=1S/C35H40O11P2/c36-47(37,38)26-48(39,40)46-35-34(44-24-30-19-11-4-12-20-30)33(43-23-29-17-9-3-10-18-29)32(42-22-28-15-7-2-8-16-28)31(45-35)25-41-21-27-13-5-1-6-14-27/h1-20,31-35H,21-26H2,(H,39,40)(H2,36,37,38)/t31-,32-,33+,34-,35-/m1/s1. The second-order valence-electron chi connectivity index (χ2n) is 11.4. The zero-order valence-corrected chi connectivity index (χ0v) is 28.0. The summed E-state index contributed by atoms with van der Waals surface area (Å²) in [4.78, 5) is 29.7. The van der Waals surface area contributed by atoms with Gasteiger partial charge in [-0.3, -0.25) is 13.7 Å². The molecule has 0 aliphatic carbocycles. The average molecular weight is 699 g/mol. The lowest BCUT2D eigenvalue weighted by Crippen LogP contribution is -2.61. The van der Waals surface area contributed by atoms with E-state index in [0.29, 0.717) is 0 Å². The van der Waals surface area contributed by atoms with Crippen LogP contribution in [-0.2, 0) is 63.8 Å². The topological polar surface area (TPSA) is 150 Å². The molecule has 1 fully saturated rings. The third-order valence-electron chi connectivity index (χ3n) is 7.47. The fourth-order valence-corrected chi connectivity index (χ4v) is 7.88. The number of hydrogen-bond donors (Lipinski definition) is 3. The van der Waals surface area contributed by atoms with Crippen molar-refractivity contribution in [2.24, 2.45) is 0 Å². The predicted octanol–water partition coefficient (Wildman–Crippen LogP) is 6.02. The number of hydrogen-bond acceptors (Lipinski definition) is 8. The van der Waals surface area contributed by atoms with E-state index in [-0.39, 0.29) is 33.0 Å². The Balaban J connectivity index is 1.48.